The summed E-state index contributed by atoms with van der Waals surface area (Å²) in [5.74, 6) is -0.385. The summed E-state index contributed by atoms with van der Waals surface area (Å²) in [6.07, 6.45) is 0.0823. The summed E-state index contributed by atoms with van der Waals surface area (Å²) in [4.78, 5) is 26.5. The van der Waals surface area contributed by atoms with Gasteiger partial charge in [0, 0.05) is 5.56 Å². The maximum Gasteiger partial charge on any atom is 0.322 e. The van der Waals surface area contributed by atoms with E-state index in [1.54, 1.807) is 19.1 Å². The van der Waals surface area contributed by atoms with E-state index in [2.05, 4.69) is 20.8 Å². The standard InChI is InChI=1S/C13H11FN4O3/c1-6-2-3-7(4-8(6)14)11-16-10(21-18-11)5-9-12(19)17-13(20)15-9/h2-4,9H,5H2,1H3,(H2,15,17,19,20)/t9-/m0/s1. The van der Waals surface area contributed by atoms with Gasteiger partial charge in [-0.25, -0.2) is 9.18 Å². The van der Waals surface area contributed by atoms with Crippen LogP contribution >= 0.6 is 0 Å². The zero-order valence-corrected chi connectivity index (χ0v) is 11.0. The van der Waals surface area contributed by atoms with Crippen LogP contribution in [0.3, 0.4) is 0 Å². The lowest BCUT2D eigenvalue weighted by atomic mass is 10.1. The number of nitrogens with one attached hydrogen (secondary N) is 2. The molecule has 8 heteroatoms. The van der Waals surface area contributed by atoms with Gasteiger partial charge in [0.05, 0.1) is 6.42 Å². The molecule has 0 radical (unpaired) electrons. The van der Waals surface area contributed by atoms with Crippen LogP contribution in [0, 0.1) is 12.7 Å². The van der Waals surface area contributed by atoms with E-state index in [0.717, 1.165) is 0 Å². The van der Waals surface area contributed by atoms with Crippen molar-refractivity contribution in [3.63, 3.8) is 0 Å². The Bertz CT molecular complexity index is 728. The predicted octanol–water partition coefficient (Wildman–Crippen LogP) is 0.935. The number of benzene rings is 1. The van der Waals surface area contributed by atoms with E-state index in [0.29, 0.717) is 11.1 Å². The van der Waals surface area contributed by atoms with Gasteiger partial charge in [0.1, 0.15) is 11.9 Å². The molecule has 1 atom stereocenters. The fourth-order valence-electron chi connectivity index (χ4n) is 1.96. The van der Waals surface area contributed by atoms with Gasteiger partial charge in [-0.05, 0) is 18.6 Å². The molecule has 0 spiro atoms. The monoisotopic (exact) mass is 290 g/mol. The molecule has 0 unspecified atom stereocenters. The van der Waals surface area contributed by atoms with E-state index in [-0.39, 0.29) is 24.0 Å². The average Bonchev–Trinajstić information content (AvgIpc) is 3.01. The highest BCUT2D eigenvalue weighted by Crippen LogP contribution is 2.19. The minimum Gasteiger partial charge on any atom is -0.339 e. The average molecular weight is 290 g/mol. The van der Waals surface area contributed by atoms with Gasteiger partial charge in [-0.2, -0.15) is 4.98 Å². The van der Waals surface area contributed by atoms with Crippen LogP contribution in [0.15, 0.2) is 22.7 Å². The number of aryl methyl sites for hydroxylation is 1. The first-order chi connectivity index (χ1) is 10.0. The fraction of sp³-hybridized carbons (Fsp3) is 0.231. The van der Waals surface area contributed by atoms with Crippen LogP contribution in [0.5, 0.6) is 0 Å². The maximum absolute atomic E-state index is 13.5. The van der Waals surface area contributed by atoms with Crippen molar-refractivity contribution in [2.75, 3.05) is 0 Å². The molecule has 7 nitrogen and oxygen atoms in total. The van der Waals surface area contributed by atoms with E-state index in [4.69, 9.17) is 4.52 Å². The van der Waals surface area contributed by atoms with Crippen molar-refractivity contribution in [2.24, 2.45) is 0 Å². The van der Waals surface area contributed by atoms with Crippen molar-refractivity contribution in [2.45, 2.75) is 19.4 Å². The number of hydrogen-bond donors (Lipinski definition) is 2. The first-order valence-corrected chi connectivity index (χ1v) is 6.23. The number of carbonyl (C=O) groups is 2. The van der Waals surface area contributed by atoms with Gasteiger partial charge in [0.2, 0.25) is 11.7 Å². The molecule has 0 aliphatic carbocycles. The zero-order chi connectivity index (χ0) is 15.0. The maximum atomic E-state index is 13.5. The highest BCUT2D eigenvalue weighted by molar-refractivity contribution is 6.04. The SMILES string of the molecule is Cc1ccc(-c2noc(C[C@@H]3NC(=O)NC3=O)n2)cc1F. The third-order valence-corrected chi connectivity index (χ3v) is 3.14. The van der Waals surface area contributed by atoms with E-state index in [9.17, 15) is 14.0 Å². The Balaban J connectivity index is 1.78. The van der Waals surface area contributed by atoms with Gasteiger partial charge < -0.3 is 9.84 Å². The number of halogens is 1. The molecule has 2 N–H and O–H groups in total. The number of hydrogen-bond acceptors (Lipinski definition) is 5. The van der Waals surface area contributed by atoms with Crippen LogP contribution in [0.25, 0.3) is 11.4 Å². The van der Waals surface area contributed by atoms with Crippen molar-refractivity contribution in [3.8, 4) is 11.4 Å². The molecule has 2 heterocycles. The summed E-state index contributed by atoms with van der Waals surface area (Å²) in [6.45, 7) is 1.65. The molecule has 3 amide bonds. The van der Waals surface area contributed by atoms with E-state index >= 15 is 0 Å². The van der Waals surface area contributed by atoms with Gasteiger partial charge in [0.25, 0.3) is 5.91 Å². The Morgan fingerprint density at radius 1 is 1.38 bits per heavy atom. The lowest BCUT2D eigenvalue weighted by Gasteiger charge is -2.01. The Morgan fingerprint density at radius 2 is 2.19 bits per heavy atom. The molecule has 21 heavy (non-hydrogen) atoms. The van der Waals surface area contributed by atoms with E-state index < -0.39 is 18.0 Å². The fourth-order valence-corrected chi connectivity index (χ4v) is 1.96. The summed E-state index contributed by atoms with van der Waals surface area (Å²) in [6, 6.07) is 3.32. The van der Waals surface area contributed by atoms with E-state index in [1.165, 1.54) is 6.07 Å². The second-order valence-electron chi connectivity index (χ2n) is 4.70. The van der Waals surface area contributed by atoms with Gasteiger partial charge in [-0.15, -0.1) is 0 Å². The lowest BCUT2D eigenvalue weighted by Crippen LogP contribution is -2.31. The van der Waals surface area contributed by atoms with Crippen LogP contribution in [0.4, 0.5) is 9.18 Å². The van der Waals surface area contributed by atoms with Crippen LogP contribution in [0.1, 0.15) is 11.5 Å². The molecule has 1 aromatic heterocycles. The molecule has 1 fully saturated rings. The summed E-state index contributed by atoms with van der Waals surface area (Å²) in [5.41, 5.74) is 1.00. The first-order valence-electron chi connectivity index (χ1n) is 6.23. The lowest BCUT2D eigenvalue weighted by molar-refractivity contribution is -0.120. The molecule has 1 aliphatic rings. The summed E-state index contributed by atoms with van der Waals surface area (Å²) < 4.78 is 18.5. The number of rotatable bonds is 3. The van der Waals surface area contributed by atoms with Crippen molar-refractivity contribution >= 4 is 11.9 Å². The third kappa shape index (κ3) is 2.60. The smallest absolute Gasteiger partial charge is 0.322 e. The first kappa shape index (κ1) is 13.2. The van der Waals surface area contributed by atoms with Gasteiger partial charge in [-0.3, -0.25) is 10.1 Å². The minimum atomic E-state index is -0.736. The van der Waals surface area contributed by atoms with Crippen LogP contribution in [-0.2, 0) is 11.2 Å². The summed E-state index contributed by atoms with van der Waals surface area (Å²) in [5, 5.41) is 8.29. The van der Waals surface area contributed by atoms with Crippen molar-refractivity contribution in [3.05, 3.63) is 35.5 Å². The second-order valence-corrected chi connectivity index (χ2v) is 4.70. The Morgan fingerprint density at radius 3 is 2.86 bits per heavy atom. The molecule has 0 saturated carbocycles. The molecule has 1 aliphatic heterocycles. The summed E-state index contributed by atoms with van der Waals surface area (Å²) in [7, 11) is 0. The number of amides is 3. The van der Waals surface area contributed by atoms with E-state index in [1.807, 2.05) is 0 Å². The molecule has 0 bridgehead atoms. The highest BCUT2D eigenvalue weighted by Gasteiger charge is 2.31. The predicted molar refractivity (Wildman–Crippen MR) is 68.6 cm³/mol. The van der Waals surface area contributed by atoms with Crippen LogP contribution < -0.4 is 10.6 Å². The van der Waals surface area contributed by atoms with Gasteiger partial charge in [0.15, 0.2) is 0 Å². The number of carbonyl (C=O) groups excluding carboxylic acids is 2. The zero-order valence-electron chi connectivity index (χ0n) is 11.0. The van der Waals surface area contributed by atoms with Gasteiger partial charge >= 0.3 is 6.03 Å². The molecule has 2 aromatic rings. The molecule has 1 aromatic carbocycles. The number of aromatic nitrogens is 2. The molecular formula is C13H11FN4O3. The molecule has 3 rings (SSSR count). The quantitative estimate of drug-likeness (QED) is 0.820. The van der Waals surface area contributed by atoms with Crippen molar-refractivity contribution in [1.29, 1.82) is 0 Å². The van der Waals surface area contributed by atoms with Crippen molar-refractivity contribution < 1.29 is 18.5 Å². The van der Waals surface area contributed by atoms with Gasteiger partial charge in [-0.1, -0.05) is 17.3 Å². The number of imide groups is 1. The Hall–Kier alpha value is -2.77. The number of nitrogens with zero attached hydrogens (tertiary/aromatic N) is 2. The third-order valence-electron chi connectivity index (χ3n) is 3.14. The van der Waals surface area contributed by atoms with Crippen molar-refractivity contribution in [1.82, 2.24) is 20.8 Å². The Labute approximate surface area is 118 Å². The van der Waals surface area contributed by atoms with Crippen LogP contribution in [0.2, 0.25) is 0 Å². The minimum absolute atomic E-state index is 0.0823. The number of urea groups is 1. The van der Waals surface area contributed by atoms with Crippen LogP contribution in [-0.4, -0.2) is 28.1 Å². The largest absolute Gasteiger partial charge is 0.339 e. The molecule has 1 saturated heterocycles. The topological polar surface area (TPSA) is 97.1 Å². The Kier molecular flexibility index (Phi) is 3.13. The summed E-state index contributed by atoms with van der Waals surface area (Å²) >= 11 is 0. The second kappa shape index (κ2) is 4.97. The highest BCUT2D eigenvalue weighted by atomic mass is 19.1. The molecular weight excluding hydrogens is 279 g/mol. The molecule has 108 valence electrons. The normalized spacial score (nSPS) is 17.7.